The minimum atomic E-state index is -4.14. The molecule has 0 radical (unpaired) electrons. The molecule has 146 valence electrons. The molecule has 0 saturated heterocycles. The Kier molecular flexibility index (Phi) is 6.91. The number of rotatable bonds is 7. The summed E-state index contributed by atoms with van der Waals surface area (Å²) in [7, 11) is 0. The fraction of sp³-hybridized carbons (Fsp3) is 0.455. The highest BCUT2D eigenvalue weighted by atomic mass is 19.4. The fourth-order valence-electron chi connectivity index (χ4n) is 3.86. The van der Waals surface area contributed by atoms with Gasteiger partial charge in [-0.3, -0.25) is 4.90 Å². The van der Waals surface area contributed by atoms with Crippen LogP contribution < -0.4 is 5.32 Å². The Morgan fingerprint density at radius 1 is 0.778 bits per heavy atom. The largest absolute Gasteiger partial charge is 0.401 e. The van der Waals surface area contributed by atoms with Gasteiger partial charge in [0.2, 0.25) is 0 Å². The SMILES string of the molecule is FC(F)(F)CNC1CCC(N(Cc2ccccc2)Cc2ccccc2)CC1. The lowest BCUT2D eigenvalue weighted by atomic mass is 9.89. The number of alkyl halides is 3. The molecule has 0 spiro atoms. The van der Waals surface area contributed by atoms with Gasteiger partial charge in [0.05, 0.1) is 6.54 Å². The highest BCUT2D eigenvalue weighted by molar-refractivity contribution is 5.17. The highest BCUT2D eigenvalue weighted by Gasteiger charge is 2.31. The number of nitrogens with one attached hydrogen (secondary N) is 1. The maximum Gasteiger partial charge on any atom is 0.401 e. The van der Waals surface area contributed by atoms with E-state index in [1.807, 2.05) is 36.4 Å². The Hall–Kier alpha value is -1.85. The third-order valence-electron chi connectivity index (χ3n) is 5.26. The molecule has 1 N–H and O–H groups in total. The Balaban J connectivity index is 1.61. The summed E-state index contributed by atoms with van der Waals surface area (Å²) in [4.78, 5) is 2.48. The van der Waals surface area contributed by atoms with E-state index in [1.165, 1.54) is 11.1 Å². The van der Waals surface area contributed by atoms with E-state index in [2.05, 4.69) is 34.5 Å². The van der Waals surface area contributed by atoms with Gasteiger partial charge in [-0.25, -0.2) is 0 Å². The minimum absolute atomic E-state index is 0.0295. The number of hydrogen-bond acceptors (Lipinski definition) is 2. The zero-order valence-corrected chi connectivity index (χ0v) is 15.5. The van der Waals surface area contributed by atoms with E-state index in [4.69, 9.17) is 0 Å². The van der Waals surface area contributed by atoms with Gasteiger partial charge in [-0.2, -0.15) is 13.2 Å². The first-order chi connectivity index (χ1) is 13.0. The number of hydrogen-bond donors (Lipinski definition) is 1. The average molecular weight is 376 g/mol. The quantitative estimate of drug-likeness (QED) is 0.719. The molecule has 0 aliphatic heterocycles. The van der Waals surface area contributed by atoms with Crippen LogP contribution in [-0.4, -0.2) is 29.7 Å². The van der Waals surface area contributed by atoms with Gasteiger partial charge in [0, 0.05) is 25.2 Å². The molecule has 0 heterocycles. The third-order valence-corrected chi connectivity index (χ3v) is 5.26. The van der Waals surface area contributed by atoms with E-state index in [1.54, 1.807) is 0 Å². The van der Waals surface area contributed by atoms with Crippen molar-refractivity contribution < 1.29 is 13.2 Å². The molecular weight excluding hydrogens is 349 g/mol. The molecule has 3 rings (SSSR count). The van der Waals surface area contributed by atoms with Gasteiger partial charge >= 0.3 is 6.18 Å². The Labute approximate surface area is 159 Å². The third kappa shape index (κ3) is 6.67. The zero-order chi connectivity index (χ0) is 19.1. The first kappa shape index (κ1) is 19.9. The summed E-state index contributed by atoms with van der Waals surface area (Å²) in [6.45, 7) is 0.835. The van der Waals surface area contributed by atoms with E-state index in [0.29, 0.717) is 6.04 Å². The lowest BCUT2D eigenvalue weighted by Gasteiger charge is -2.37. The summed E-state index contributed by atoms with van der Waals surface area (Å²) in [6.07, 6.45) is -0.699. The van der Waals surface area contributed by atoms with Gasteiger partial charge in [-0.1, -0.05) is 60.7 Å². The Morgan fingerprint density at radius 3 is 1.70 bits per heavy atom. The molecular formula is C22H27F3N2. The van der Waals surface area contributed by atoms with E-state index in [-0.39, 0.29) is 6.04 Å². The summed E-state index contributed by atoms with van der Waals surface area (Å²) in [5.41, 5.74) is 2.54. The molecule has 1 fully saturated rings. The van der Waals surface area contributed by atoms with Crippen molar-refractivity contribution in [3.8, 4) is 0 Å². The monoisotopic (exact) mass is 376 g/mol. The van der Waals surface area contributed by atoms with Crippen molar-refractivity contribution in [2.45, 2.75) is 57.0 Å². The van der Waals surface area contributed by atoms with Gasteiger partial charge in [-0.05, 0) is 36.8 Å². The van der Waals surface area contributed by atoms with Crippen LogP contribution in [-0.2, 0) is 13.1 Å². The maximum absolute atomic E-state index is 12.4. The van der Waals surface area contributed by atoms with E-state index in [0.717, 1.165) is 38.8 Å². The smallest absolute Gasteiger partial charge is 0.306 e. The first-order valence-corrected chi connectivity index (χ1v) is 9.61. The highest BCUT2D eigenvalue weighted by Crippen LogP contribution is 2.27. The summed E-state index contributed by atoms with van der Waals surface area (Å²) in [6, 6.07) is 21.1. The molecule has 0 amide bonds. The lowest BCUT2D eigenvalue weighted by molar-refractivity contribution is -0.126. The summed E-state index contributed by atoms with van der Waals surface area (Å²) in [5, 5.41) is 2.68. The second-order valence-corrected chi connectivity index (χ2v) is 7.38. The molecule has 1 aliphatic rings. The predicted molar refractivity (Wildman–Crippen MR) is 102 cm³/mol. The van der Waals surface area contributed by atoms with Crippen molar-refractivity contribution >= 4 is 0 Å². The van der Waals surface area contributed by atoms with Crippen molar-refractivity contribution in [2.24, 2.45) is 0 Å². The van der Waals surface area contributed by atoms with Crippen molar-refractivity contribution in [1.29, 1.82) is 0 Å². The average Bonchev–Trinajstić information content (AvgIpc) is 2.67. The molecule has 27 heavy (non-hydrogen) atoms. The standard InChI is InChI=1S/C22H27F3N2/c23-22(24,25)17-26-20-11-13-21(14-12-20)27(15-18-7-3-1-4-8-18)16-19-9-5-2-6-10-19/h1-10,20-21,26H,11-17H2. The Morgan fingerprint density at radius 2 is 1.26 bits per heavy atom. The topological polar surface area (TPSA) is 15.3 Å². The molecule has 1 aliphatic carbocycles. The van der Waals surface area contributed by atoms with Gasteiger partial charge in [0.1, 0.15) is 0 Å². The molecule has 5 heteroatoms. The molecule has 2 nitrogen and oxygen atoms in total. The molecule has 0 aromatic heterocycles. The second-order valence-electron chi connectivity index (χ2n) is 7.38. The second kappa shape index (κ2) is 9.38. The van der Waals surface area contributed by atoms with Crippen molar-refractivity contribution in [3.63, 3.8) is 0 Å². The molecule has 2 aromatic carbocycles. The van der Waals surface area contributed by atoms with E-state index >= 15 is 0 Å². The lowest BCUT2D eigenvalue weighted by Crippen LogP contribution is -2.44. The van der Waals surface area contributed by atoms with Gasteiger partial charge < -0.3 is 5.32 Å². The normalized spacial score (nSPS) is 20.7. The molecule has 2 aromatic rings. The van der Waals surface area contributed by atoms with Gasteiger partial charge in [0.25, 0.3) is 0 Å². The maximum atomic E-state index is 12.4. The fourth-order valence-corrected chi connectivity index (χ4v) is 3.86. The van der Waals surface area contributed by atoms with E-state index in [9.17, 15) is 13.2 Å². The minimum Gasteiger partial charge on any atom is -0.306 e. The molecule has 0 atom stereocenters. The van der Waals surface area contributed by atoms with Crippen LogP contribution in [0, 0.1) is 0 Å². The number of nitrogens with zero attached hydrogens (tertiary/aromatic N) is 1. The van der Waals surface area contributed by atoms with Crippen LogP contribution in [0.3, 0.4) is 0 Å². The van der Waals surface area contributed by atoms with Gasteiger partial charge in [-0.15, -0.1) is 0 Å². The summed E-state index contributed by atoms with van der Waals surface area (Å²) < 4.78 is 37.3. The van der Waals surface area contributed by atoms with Crippen LogP contribution in [0.1, 0.15) is 36.8 Å². The van der Waals surface area contributed by atoms with E-state index < -0.39 is 12.7 Å². The van der Waals surface area contributed by atoms with Crippen LogP contribution in [0.15, 0.2) is 60.7 Å². The first-order valence-electron chi connectivity index (χ1n) is 9.61. The number of halogens is 3. The van der Waals surface area contributed by atoms with Crippen LogP contribution in [0.25, 0.3) is 0 Å². The molecule has 0 bridgehead atoms. The van der Waals surface area contributed by atoms with Crippen LogP contribution in [0.5, 0.6) is 0 Å². The predicted octanol–water partition coefficient (Wildman–Crippen LogP) is 5.15. The summed E-state index contributed by atoms with van der Waals surface area (Å²) in [5.74, 6) is 0. The summed E-state index contributed by atoms with van der Waals surface area (Å²) >= 11 is 0. The van der Waals surface area contributed by atoms with Crippen molar-refractivity contribution in [1.82, 2.24) is 10.2 Å². The molecule has 1 saturated carbocycles. The van der Waals surface area contributed by atoms with Crippen LogP contribution in [0.4, 0.5) is 13.2 Å². The number of benzene rings is 2. The van der Waals surface area contributed by atoms with Gasteiger partial charge in [0.15, 0.2) is 0 Å². The molecule has 0 unspecified atom stereocenters. The van der Waals surface area contributed by atoms with Crippen LogP contribution >= 0.6 is 0 Å². The van der Waals surface area contributed by atoms with Crippen molar-refractivity contribution in [2.75, 3.05) is 6.54 Å². The van der Waals surface area contributed by atoms with Crippen molar-refractivity contribution in [3.05, 3.63) is 71.8 Å². The van der Waals surface area contributed by atoms with Crippen LogP contribution in [0.2, 0.25) is 0 Å². The zero-order valence-electron chi connectivity index (χ0n) is 15.5. The Bertz CT molecular complexity index is 623.